The van der Waals surface area contributed by atoms with Crippen LogP contribution in [-0.2, 0) is 4.79 Å². The number of hydrogen-bond acceptors (Lipinski definition) is 6. The highest BCUT2D eigenvalue weighted by molar-refractivity contribution is 6.32. The fourth-order valence-electron chi connectivity index (χ4n) is 4.58. The van der Waals surface area contributed by atoms with Crippen LogP contribution in [0.2, 0.25) is 5.02 Å². The van der Waals surface area contributed by atoms with Crippen molar-refractivity contribution in [2.45, 2.75) is 19.4 Å². The molecule has 2 fully saturated rings. The minimum absolute atomic E-state index is 0.0268. The van der Waals surface area contributed by atoms with Gasteiger partial charge in [0.1, 0.15) is 11.5 Å². The number of benzene rings is 1. The van der Waals surface area contributed by atoms with Gasteiger partial charge in [-0.05, 0) is 31.5 Å². The fourth-order valence-corrected chi connectivity index (χ4v) is 4.87. The maximum absolute atomic E-state index is 12.6. The third-order valence-electron chi connectivity index (χ3n) is 6.58. The van der Waals surface area contributed by atoms with Crippen molar-refractivity contribution in [2.75, 3.05) is 20.8 Å². The second kappa shape index (κ2) is 7.41. The summed E-state index contributed by atoms with van der Waals surface area (Å²) in [4.78, 5) is 16.7. The van der Waals surface area contributed by atoms with Crippen molar-refractivity contribution < 1.29 is 23.7 Å². The van der Waals surface area contributed by atoms with Crippen molar-refractivity contribution in [3.63, 3.8) is 0 Å². The van der Waals surface area contributed by atoms with Crippen LogP contribution in [0.4, 0.5) is 0 Å². The molecule has 9 heteroatoms. The first-order valence-electron chi connectivity index (χ1n) is 10.3. The molecule has 1 amide bonds. The van der Waals surface area contributed by atoms with Gasteiger partial charge in [0, 0.05) is 35.6 Å². The van der Waals surface area contributed by atoms with E-state index >= 15 is 0 Å². The zero-order chi connectivity index (χ0) is 22.6. The molecule has 1 aromatic carbocycles. The molecule has 2 aromatic heterocycles. The van der Waals surface area contributed by atoms with Crippen molar-refractivity contribution in [1.82, 2.24) is 10.3 Å². The van der Waals surface area contributed by atoms with Crippen molar-refractivity contribution in [3.8, 4) is 28.6 Å². The minimum Gasteiger partial charge on any atom is -0.618 e. The third-order valence-corrected chi connectivity index (χ3v) is 6.86. The van der Waals surface area contributed by atoms with Crippen molar-refractivity contribution in [2.24, 2.45) is 11.3 Å². The Morgan fingerprint density at radius 3 is 2.78 bits per heavy atom. The minimum atomic E-state index is -0.258. The summed E-state index contributed by atoms with van der Waals surface area (Å²) in [5.41, 5.74) is 1.34. The summed E-state index contributed by atoms with van der Waals surface area (Å²) in [5.74, 6) is 1.25. The van der Waals surface area contributed by atoms with Crippen LogP contribution >= 0.6 is 11.6 Å². The molecule has 2 aliphatic rings. The summed E-state index contributed by atoms with van der Waals surface area (Å²) in [7, 11) is 3.04. The standard InChI is InChI=1S/C23H22ClN3O5/c1-12(23-10-15(23)21(28)25-11-23)32-22-14-5-4-6-27(29)18(14)9-17(26-22)13-7-16(24)20(31-3)19(8-13)30-2/h4-9,12,15H,10-11H2,1-3H3,(H,25,28)/t12-,15?,23?/m1/s1. The molecule has 1 N–H and O–H groups in total. The van der Waals surface area contributed by atoms with Crippen molar-refractivity contribution in [1.29, 1.82) is 0 Å². The van der Waals surface area contributed by atoms with E-state index in [1.165, 1.54) is 20.4 Å². The highest BCUT2D eigenvalue weighted by Gasteiger charge is 2.66. The molecule has 0 spiro atoms. The Kier molecular flexibility index (Phi) is 4.78. The van der Waals surface area contributed by atoms with E-state index in [1.54, 1.807) is 30.3 Å². The number of pyridine rings is 2. The summed E-state index contributed by atoms with van der Waals surface area (Å²) in [6.45, 7) is 2.53. The third kappa shape index (κ3) is 3.09. The van der Waals surface area contributed by atoms with Crippen LogP contribution < -0.4 is 24.3 Å². The van der Waals surface area contributed by atoms with Crippen LogP contribution in [0.3, 0.4) is 0 Å². The number of ether oxygens (including phenoxy) is 3. The number of piperidine rings is 1. The number of methoxy groups -OCH3 is 2. The molecule has 0 bridgehead atoms. The summed E-state index contributed by atoms with van der Waals surface area (Å²) >= 11 is 6.39. The van der Waals surface area contributed by atoms with Gasteiger partial charge < -0.3 is 24.7 Å². The van der Waals surface area contributed by atoms with Crippen LogP contribution in [0.15, 0.2) is 36.5 Å². The molecule has 3 aromatic rings. The molecule has 1 saturated heterocycles. The number of fused-ring (bicyclic) bond motifs is 2. The number of aromatic nitrogens is 2. The van der Waals surface area contributed by atoms with Gasteiger partial charge in [0.2, 0.25) is 17.3 Å². The Morgan fingerprint density at radius 1 is 1.31 bits per heavy atom. The summed E-state index contributed by atoms with van der Waals surface area (Å²) in [6, 6.07) is 8.60. The molecular weight excluding hydrogens is 434 g/mol. The van der Waals surface area contributed by atoms with E-state index in [2.05, 4.69) is 5.32 Å². The number of halogens is 1. The number of carbonyl (C=O) groups excluding carboxylic acids is 1. The van der Waals surface area contributed by atoms with Crippen LogP contribution in [0.1, 0.15) is 13.3 Å². The van der Waals surface area contributed by atoms with Gasteiger partial charge in [0.15, 0.2) is 17.7 Å². The van der Waals surface area contributed by atoms with E-state index in [9.17, 15) is 10.0 Å². The molecule has 2 unspecified atom stereocenters. The molecule has 1 aliphatic heterocycles. The Morgan fingerprint density at radius 2 is 2.12 bits per heavy atom. The number of nitrogens with zero attached hydrogens (tertiary/aromatic N) is 2. The summed E-state index contributed by atoms with van der Waals surface area (Å²) < 4.78 is 17.8. The molecule has 1 aliphatic carbocycles. The first-order valence-corrected chi connectivity index (χ1v) is 10.6. The van der Waals surface area contributed by atoms with Crippen molar-refractivity contribution >= 4 is 28.4 Å². The molecule has 166 valence electrons. The number of rotatable bonds is 6. The molecule has 8 nitrogen and oxygen atoms in total. The zero-order valence-electron chi connectivity index (χ0n) is 17.8. The predicted octanol–water partition coefficient (Wildman–Crippen LogP) is 3.11. The molecule has 32 heavy (non-hydrogen) atoms. The molecular formula is C23H22ClN3O5. The molecule has 3 heterocycles. The average molecular weight is 456 g/mol. The molecule has 1 saturated carbocycles. The molecule has 0 radical (unpaired) electrons. The number of hydrogen-bond donors (Lipinski definition) is 1. The summed E-state index contributed by atoms with van der Waals surface area (Å²) in [6.07, 6.45) is 1.97. The maximum atomic E-state index is 12.6. The SMILES string of the molecule is COc1cc(-c2cc3c(ccc[n+]3[O-])c(O[C@H](C)C34CNC(=O)C3C4)n2)cc(Cl)c1OC. The largest absolute Gasteiger partial charge is 0.618 e. The van der Waals surface area contributed by atoms with Gasteiger partial charge in [-0.1, -0.05) is 11.6 Å². The monoisotopic (exact) mass is 455 g/mol. The average Bonchev–Trinajstić information content (AvgIpc) is 3.45. The van der Waals surface area contributed by atoms with E-state index in [0.717, 1.165) is 11.2 Å². The lowest BCUT2D eigenvalue weighted by molar-refractivity contribution is -0.577. The van der Waals surface area contributed by atoms with Gasteiger partial charge in [-0.3, -0.25) is 4.79 Å². The van der Waals surface area contributed by atoms with Gasteiger partial charge in [-0.2, -0.15) is 4.73 Å². The lowest BCUT2D eigenvalue weighted by atomic mass is 9.99. The highest BCUT2D eigenvalue weighted by atomic mass is 35.5. The van der Waals surface area contributed by atoms with E-state index < -0.39 is 0 Å². The fraction of sp³-hybridized carbons (Fsp3) is 0.348. The van der Waals surface area contributed by atoms with Crippen LogP contribution in [0.5, 0.6) is 17.4 Å². The van der Waals surface area contributed by atoms with Gasteiger partial charge in [-0.25, -0.2) is 4.98 Å². The zero-order valence-corrected chi connectivity index (χ0v) is 18.6. The first kappa shape index (κ1) is 20.6. The molecule has 5 rings (SSSR count). The normalized spacial score (nSPS) is 22.2. The predicted molar refractivity (Wildman–Crippen MR) is 118 cm³/mol. The Hall–Kier alpha value is -3.26. The van der Waals surface area contributed by atoms with E-state index in [-0.39, 0.29) is 23.3 Å². The van der Waals surface area contributed by atoms with E-state index in [4.69, 9.17) is 30.8 Å². The van der Waals surface area contributed by atoms with E-state index in [0.29, 0.717) is 51.1 Å². The van der Waals surface area contributed by atoms with Crippen LogP contribution in [0.25, 0.3) is 22.2 Å². The van der Waals surface area contributed by atoms with Gasteiger partial charge in [-0.15, -0.1) is 0 Å². The highest BCUT2D eigenvalue weighted by Crippen LogP contribution is 2.58. The quantitative estimate of drug-likeness (QED) is 0.453. The number of carbonyl (C=O) groups is 1. The smallest absolute Gasteiger partial charge is 0.231 e. The van der Waals surface area contributed by atoms with Gasteiger partial charge in [0.25, 0.3) is 0 Å². The lowest BCUT2D eigenvalue weighted by Crippen LogP contribution is -2.32. The topological polar surface area (TPSA) is 96.6 Å². The van der Waals surface area contributed by atoms with Crippen molar-refractivity contribution in [3.05, 3.63) is 46.8 Å². The van der Waals surface area contributed by atoms with Crippen LogP contribution in [-0.4, -0.2) is 37.8 Å². The summed E-state index contributed by atoms with van der Waals surface area (Å²) in [5, 5.41) is 16.4. The first-order chi connectivity index (χ1) is 15.4. The second-order valence-electron chi connectivity index (χ2n) is 8.24. The Labute approximate surface area is 189 Å². The lowest BCUT2D eigenvalue weighted by Gasteiger charge is -2.22. The Bertz CT molecular complexity index is 1250. The van der Waals surface area contributed by atoms with Gasteiger partial charge in [0.05, 0.1) is 24.9 Å². The second-order valence-corrected chi connectivity index (χ2v) is 8.65. The number of amides is 1. The number of nitrogens with one attached hydrogen (secondary N) is 1. The van der Waals surface area contributed by atoms with Gasteiger partial charge >= 0.3 is 0 Å². The van der Waals surface area contributed by atoms with Crippen LogP contribution in [0, 0.1) is 16.5 Å². The molecule has 3 atom stereocenters. The van der Waals surface area contributed by atoms with E-state index in [1.807, 2.05) is 6.92 Å². The Balaban J connectivity index is 1.61. The maximum Gasteiger partial charge on any atom is 0.231 e.